The van der Waals surface area contributed by atoms with Crippen LogP contribution in [0.3, 0.4) is 0 Å². The number of amides is 2. The molecule has 1 heterocycles. The minimum absolute atomic E-state index is 0.148. The summed E-state index contributed by atoms with van der Waals surface area (Å²) in [6, 6.07) is 10.2. The standard InChI is InChI=1S/C21H19F4N3O2/c22-17-7-5-15(6-8-17)20(30)28-11-9-14(10-12-28)19(29)27-26-13-16-3-1-2-4-18(16)21(23,24)25/h1-8,13-14H,9-12H2,(H,27,29)/b26-13-. The van der Waals surface area contributed by atoms with E-state index < -0.39 is 29.4 Å². The Hall–Kier alpha value is -3.23. The second kappa shape index (κ2) is 9.06. The third kappa shape index (κ3) is 5.22. The van der Waals surface area contributed by atoms with Gasteiger partial charge < -0.3 is 4.90 Å². The van der Waals surface area contributed by atoms with E-state index in [2.05, 4.69) is 10.5 Å². The number of hydrogen-bond donors (Lipinski definition) is 1. The number of carbonyl (C=O) groups is 2. The Balaban J connectivity index is 1.53. The SMILES string of the molecule is O=C(N/N=C\c1ccccc1C(F)(F)F)C1CCN(C(=O)c2ccc(F)cc2)CC1. The van der Waals surface area contributed by atoms with Gasteiger partial charge in [-0.05, 0) is 43.2 Å². The van der Waals surface area contributed by atoms with Gasteiger partial charge in [-0.1, -0.05) is 18.2 Å². The Bertz CT molecular complexity index is 934. The van der Waals surface area contributed by atoms with Gasteiger partial charge in [0.1, 0.15) is 5.82 Å². The molecule has 0 radical (unpaired) electrons. The average molecular weight is 421 g/mol. The molecule has 0 atom stereocenters. The number of piperidine rings is 1. The fraction of sp³-hybridized carbons (Fsp3) is 0.286. The molecule has 2 aromatic carbocycles. The summed E-state index contributed by atoms with van der Waals surface area (Å²) in [5, 5.41) is 3.66. The van der Waals surface area contributed by atoms with Crippen molar-refractivity contribution >= 4 is 18.0 Å². The van der Waals surface area contributed by atoms with Crippen LogP contribution in [-0.4, -0.2) is 36.0 Å². The van der Waals surface area contributed by atoms with E-state index >= 15 is 0 Å². The van der Waals surface area contributed by atoms with E-state index in [1.807, 2.05) is 0 Å². The highest BCUT2D eigenvalue weighted by atomic mass is 19.4. The summed E-state index contributed by atoms with van der Waals surface area (Å²) < 4.78 is 51.9. The van der Waals surface area contributed by atoms with Crippen LogP contribution >= 0.6 is 0 Å². The van der Waals surface area contributed by atoms with Crippen molar-refractivity contribution in [1.82, 2.24) is 10.3 Å². The number of halogens is 4. The fourth-order valence-corrected chi connectivity index (χ4v) is 3.24. The lowest BCUT2D eigenvalue weighted by Gasteiger charge is -2.31. The minimum Gasteiger partial charge on any atom is -0.339 e. The number of alkyl halides is 3. The molecule has 1 fully saturated rings. The monoisotopic (exact) mass is 421 g/mol. The number of hydrazone groups is 1. The predicted molar refractivity (Wildman–Crippen MR) is 102 cm³/mol. The van der Waals surface area contributed by atoms with Crippen molar-refractivity contribution in [1.29, 1.82) is 0 Å². The molecule has 158 valence electrons. The Morgan fingerprint density at radius 1 is 1.03 bits per heavy atom. The van der Waals surface area contributed by atoms with Crippen molar-refractivity contribution in [2.24, 2.45) is 11.0 Å². The van der Waals surface area contributed by atoms with Crippen LogP contribution in [0.25, 0.3) is 0 Å². The molecule has 9 heteroatoms. The summed E-state index contributed by atoms with van der Waals surface area (Å²) in [6.07, 6.45) is -2.76. The number of benzene rings is 2. The molecule has 1 N–H and O–H groups in total. The summed E-state index contributed by atoms with van der Waals surface area (Å²) >= 11 is 0. The van der Waals surface area contributed by atoms with E-state index in [4.69, 9.17) is 0 Å². The van der Waals surface area contributed by atoms with Crippen LogP contribution in [0.5, 0.6) is 0 Å². The van der Waals surface area contributed by atoms with E-state index in [0.717, 1.165) is 12.3 Å². The zero-order chi connectivity index (χ0) is 21.7. The maximum absolute atomic E-state index is 13.0. The molecule has 3 rings (SSSR count). The van der Waals surface area contributed by atoms with E-state index in [-0.39, 0.29) is 11.5 Å². The Labute approximate surface area is 170 Å². The van der Waals surface area contributed by atoms with E-state index in [1.165, 1.54) is 42.5 Å². The van der Waals surface area contributed by atoms with E-state index in [1.54, 1.807) is 4.90 Å². The number of likely N-dealkylation sites (tertiary alicyclic amines) is 1. The first-order chi connectivity index (χ1) is 14.3. The third-order valence-corrected chi connectivity index (χ3v) is 4.89. The lowest BCUT2D eigenvalue weighted by molar-refractivity contribution is -0.137. The molecule has 2 amide bonds. The van der Waals surface area contributed by atoms with Crippen LogP contribution in [0.1, 0.15) is 34.3 Å². The number of rotatable bonds is 4. The molecule has 0 bridgehead atoms. The highest BCUT2D eigenvalue weighted by Crippen LogP contribution is 2.31. The number of hydrogen-bond acceptors (Lipinski definition) is 3. The van der Waals surface area contributed by atoms with Crippen molar-refractivity contribution < 1.29 is 27.2 Å². The summed E-state index contributed by atoms with van der Waals surface area (Å²) in [4.78, 5) is 26.3. The number of carbonyl (C=O) groups excluding carboxylic acids is 2. The van der Waals surface area contributed by atoms with Crippen LogP contribution in [0.4, 0.5) is 17.6 Å². The molecule has 1 saturated heterocycles. The second-order valence-corrected chi connectivity index (χ2v) is 6.89. The molecule has 0 spiro atoms. The predicted octanol–water partition coefficient (Wildman–Crippen LogP) is 3.85. The van der Waals surface area contributed by atoms with Gasteiger partial charge in [0, 0.05) is 30.1 Å². The number of nitrogens with zero attached hydrogens (tertiary/aromatic N) is 2. The summed E-state index contributed by atoms with van der Waals surface area (Å²) in [7, 11) is 0. The molecule has 2 aromatic rings. The van der Waals surface area contributed by atoms with Gasteiger partial charge in [0.05, 0.1) is 11.8 Å². The lowest BCUT2D eigenvalue weighted by atomic mass is 9.95. The summed E-state index contributed by atoms with van der Waals surface area (Å²) in [5.41, 5.74) is 1.66. The van der Waals surface area contributed by atoms with Crippen molar-refractivity contribution in [3.8, 4) is 0 Å². The zero-order valence-electron chi connectivity index (χ0n) is 15.8. The molecule has 1 aliphatic heterocycles. The van der Waals surface area contributed by atoms with Gasteiger partial charge in [-0.2, -0.15) is 18.3 Å². The Morgan fingerprint density at radius 2 is 1.67 bits per heavy atom. The summed E-state index contributed by atoms with van der Waals surface area (Å²) in [6.45, 7) is 0.684. The molecule has 0 aromatic heterocycles. The lowest BCUT2D eigenvalue weighted by Crippen LogP contribution is -2.42. The first kappa shape index (κ1) is 21.5. The van der Waals surface area contributed by atoms with Gasteiger partial charge in [-0.3, -0.25) is 9.59 Å². The Kier molecular flexibility index (Phi) is 6.49. The van der Waals surface area contributed by atoms with Crippen molar-refractivity contribution in [2.45, 2.75) is 19.0 Å². The van der Waals surface area contributed by atoms with Gasteiger partial charge in [0.25, 0.3) is 5.91 Å². The zero-order valence-corrected chi connectivity index (χ0v) is 15.8. The quantitative estimate of drug-likeness (QED) is 0.463. The highest BCUT2D eigenvalue weighted by molar-refractivity contribution is 5.94. The fourth-order valence-electron chi connectivity index (χ4n) is 3.24. The molecular weight excluding hydrogens is 402 g/mol. The maximum Gasteiger partial charge on any atom is 0.417 e. The normalized spacial score (nSPS) is 15.4. The topological polar surface area (TPSA) is 61.8 Å². The molecular formula is C21H19F4N3O2. The largest absolute Gasteiger partial charge is 0.417 e. The number of nitrogens with one attached hydrogen (secondary N) is 1. The minimum atomic E-state index is -4.52. The first-order valence-electron chi connectivity index (χ1n) is 9.29. The van der Waals surface area contributed by atoms with Crippen molar-refractivity contribution in [3.05, 3.63) is 71.0 Å². The van der Waals surface area contributed by atoms with Gasteiger partial charge in [0.2, 0.25) is 5.91 Å². The van der Waals surface area contributed by atoms with Gasteiger partial charge in [0.15, 0.2) is 0 Å². The van der Waals surface area contributed by atoms with Gasteiger partial charge in [-0.25, -0.2) is 9.82 Å². The van der Waals surface area contributed by atoms with E-state index in [9.17, 15) is 27.2 Å². The summed E-state index contributed by atoms with van der Waals surface area (Å²) in [5.74, 6) is -1.49. The van der Waals surface area contributed by atoms with Crippen LogP contribution in [0.15, 0.2) is 53.6 Å². The second-order valence-electron chi connectivity index (χ2n) is 6.89. The van der Waals surface area contributed by atoms with Crippen LogP contribution in [0, 0.1) is 11.7 Å². The van der Waals surface area contributed by atoms with Crippen molar-refractivity contribution in [3.63, 3.8) is 0 Å². The highest BCUT2D eigenvalue weighted by Gasteiger charge is 2.32. The van der Waals surface area contributed by atoms with E-state index in [0.29, 0.717) is 31.5 Å². The Morgan fingerprint density at radius 3 is 2.30 bits per heavy atom. The maximum atomic E-state index is 13.0. The first-order valence-corrected chi connectivity index (χ1v) is 9.29. The van der Waals surface area contributed by atoms with Crippen LogP contribution in [-0.2, 0) is 11.0 Å². The van der Waals surface area contributed by atoms with Gasteiger partial charge >= 0.3 is 6.18 Å². The molecule has 0 unspecified atom stereocenters. The van der Waals surface area contributed by atoms with Crippen LogP contribution in [0.2, 0.25) is 0 Å². The smallest absolute Gasteiger partial charge is 0.339 e. The molecule has 30 heavy (non-hydrogen) atoms. The molecule has 5 nitrogen and oxygen atoms in total. The van der Waals surface area contributed by atoms with Gasteiger partial charge in [-0.15, -0.1) is 0 Å². The molecule has 0 aliphatic carbocycles. The average Bonchev–Trinajstić information content (AvgIpc) is 2.73. The third-order valence-electron chi connectivity index (χ3n) is 4.89. The van der Waals surface area contributed by atoms with Crippen molar-refractivity contribution in [2.75, 3.05) is 13.1 Å². The molecule has 1 aliphatic rings. The van der Waals surface area contributed by atoms with Crippen LogP contribution < -0.4 is 5.43 Å². The molecule has 0 saturated carbocycles.